The van der Waals surface area contributed by atoms with E-state index in [1.807, 2.05) is 0 Å². The molecule has 3 rings (SSSR count). The van der Waals surface area contributed by atoms with Gasteiger partial charge in [0.1, 0.15) is 0 Å². The van der Waals surface area contributed by atoms with E-state index in [2.05, 4.69) is 88.0 Å². The van der Waals surface area contributed by atoms with Gasteiger partial charge in [0.15, 0.2) is 0 Å². The number of hydrogen-bond acceptors (Lipinski definition) is 4. The smallest absolute Gasteiger partial charge is 0.0234 e. The molecule has 0 aromatic heterocycles. The molecule has 2 N–H and O–H groups in total. The van der Waals surface area contributed by atoms with E-state index < -0.39 is 0 Å². The van der Waals surface area contributed by atoms with E-state index >= 15 is 0 Å². The fourth-order valence-electron chi connectivity index (χ4n) is 4.41. The summed E-state index contributed by atoms with van der Waals surface area (Å²) in [5.74, 6) is 0.742. The molecule has 1 saturated heterocycles. The molecule has 1 aliphatic heterocycles. The molecule has 0 amide bonds. The summed E-state index contributed by atoms with van der Waals surface area (Å²) in [7, 11) is 0. The van der Waals surface area contributed by atoms with E-state index in [9.17, 15) is 0 Å². The first-order valence-corrected chi connectivity index (χ1v) is 11.8. The standard InChI is InChI=1S/C26H40N4/c1-2-9-26-22-29(18-16-28-20-24-10-5-3-6-11-24)17-14-27-15-19-30(23-26)21-25-12-7-4-8-13-25/h3-8,10-13,26-28H,2,9,14-23H2,1H3. The molecule has 1 aliphatic rings. The van der Waals surface area contributed by atoms with Crippen LogP contribution in [0.15, 0.2) is 60.7 Å². The molecule has 1 atom stereocenters. The zero-order valence-corrected chi connectivity index (χ0v) is 18.7. The van der Waals surface area contributed by atoms with Crippen LogP contribution in [-0.4, -0.2) is 62.2 Å². The van der Waals surface area contributed by atoms with Crippen molar-refractivity contribution in [2.75, 3.05) is 52.4 Å². The molecule has 0 saturated carbocycles. The second-order valence-corrected chi connectivity index (χ2v) is 8.59. The van der Waals surface area contributed by atoms with Gasteiger partial charge < -0.3 is 15.5 Å². The summed E-state index contributed by atoms with van der Waals surface area (Å²) in [6, 6.07) is 21.6. The van der Waals surface area contributed by atoms with Crippen LogP contribution < -0.4 is 10.6 Å². The predicted molar refractivity (Wildman–Crippen MR) is 128 cm³/mol. The van der Waals surface area contributed by atoms with Crippen molar-refractivity contribution in [3.05, 3.63) is 71.8 Å². The maximum atomic E-state index is 3.66. The van der Waals surface area contributed by atoms with Crippen LogP contribution in [0.2, 0.25) is 0 Å². The summed E-state index contributed by atoms with van der Waals surface area (Å²) in [6.07, 6.45) is 2.58. The van der Waals surface area contributed by atoms with Crippen LogP contribution in [0.5, 0.6) is 0 Å². The minimum atomic E-state index is 0.742. The van der Waals surface area contributed by atoms with Crippen molar-refractivity contribution in [3.63, 3.8) is 0 Å². The molecule has 0 bridgehead atoms. The van der Waals surface area contributed by atoms with Crippen LogP contribution >= 0.6 is 0 Å². The van der Waals surface area contributed by atoms with Gasteiger partial charge in [0.05, 0.1) is 0 Å². The highest BCUT2D eigenvalue weighted by Gasteiger charge is 2.19. The van der Waals surface area contributed by atoms with Gasteiger partial charge in [0.25, 0.3) is 0 Å². The maximum absolute atomic E-state index is 3.66. The Morgan fingerprint density at radius 1 is 0.867 bits per heavy atom. The molecule has 164 valence electrons. The molecule has 0 radical (unpaired) electrons. The Bertz CT molecular complexity index is 676. The van der Waals surface area contributed by atoms with Crippen molar-refractivity contribution in [2.24, 2.45) is 5.92 Å². The van der Waals surface area contributed by atoms with Gasteiger partial charge in [-0.15, -0.1) is 0 Å². The molecule has 4 nitrogen and oxygen atoms in total. The molecule has 2 aromatic rings. The molecule has 0 aliphatic carbocycles. The number of nitrogens with zero attached hydrogens (tertiary/aromatic N) is 2. The summed E-state index contributed by atoms with van der Waals surface area (Å²) in [5.41, 5.74) is 2.78. The minimum Gasteiger partial charge on any atom is -0.314 e. The molecule has 1 heterocycles. The third-order valence-corrected chi connectivity index (χ3v) is 5.97. The molecular formula is C26H40N4. The van der Waals surface area contributed by atoms with Crippen molar-refractivity contribution in [3.8, 4) is 0 Å². The molecule has 2 aromatic carbocycles. The molecule has 30 heavy (non-hydrogen) atoms. The lowest BCUT2D eigenvalue weighted by Crippen LogP contribution is -2.45. The highest BCUT2D eigenvalue weighted by atomic mass is 15.2. The van der Waals surface area contributed by atoms with Gasteiger partial charge in [-0.1, -0.05) is 74.0 Å². The van der Waals surface area contributed by atoms with Crippen molar-refractivity contribution in [1.82, 2.24) is 20.4 Å². The SMILES string of the molecule is CCCC1CN(CCNCc2ccccc2)CCNCCN(Cc2ccccc2)C1. The van der Waals surface area contributed by atoms with Gasteiger partial charge in [0, 0.05) is 65.4 Å². The van der Waals surface area contributed by atoms with Crippen LogP contribution in [0.1, 0.15) is 30.9 Å². The first-order chi connectivity index (χ1) is 14.8. The largest absolute Gasteiger partial charge is 0.314 e. The first-order valence-electron chi connectivity index (χ1n) is 11.8. The summed E-state index contributed by atoms with van der Waals surface area (Å²) >= 11 is 0. The zero-order chi connectivity index (χ0) is 20.9. The molecule has 1 fully saturated rings. The normalized spacial score (nSPS) is 19.6. The van der Waals surface area contributed by atoms with Crippen molar-refractivity contribution >= 4 is 0 Å². The quantitative estimate of drug-likeness (QED) is 0.621. The molecular weight excluding hydrogens is 368 g/mol. The van der Waals surface area contributed by atoms with Gasteiger partial charge in [-0.25, -0.2) is 0 Å². The summed E-state index contributed by atoms with van der Waals surface area (Å²) in [4.78, 5) is 5.32. The number of hydrogen-bond donors (Lipinski definition) is 2. The average molecular weight is 409 g/mol. The highest BCUT2D eigenvalue weighted by molar-refractivity contribution is 5.15. The Hall–Kier alpha value is -1.72. The summed E-state index contributed by atoms with van der Waals surface area (Å²) in [5, 5.41) is 7.29. The second-order valence-electron chi connectivity index (χ2n) is 8.59. The fourth-order valence-corrected chi connectivity index (χ4v) is 4.41. The third kappa shape index (κ3) is 8.57. The van der Waals surface area contributed by atoms with Gasteiger partial charge in [-0.2, -0.15) is 0 Å². The Morgan fingerprint density at radius 2 is 1.50 bits per heavy atom. The van der Waals surface area contributed by atoms with E-state index in [0.717, 1.165) is 58.3 Å². The van der Waals surface area contributed by atoms with Crippen LogP contribution in [0.3, 0.4) is 0 Å². The maximum Gasteiger partial charge on any atom is 0.0234 e. The van der Waals surface area contributed by atoms with Crippen LogP contribution in [0, 0.1) is 5.92 Å². The zero-order valence-electron chi connectivity index (χ0n) is 18.7. The molecule has 1 unspecified atom stereocenters. The lowest BCUT2D eigenvalue weighted by molar-refractivity contribution is 0.153. The van der Waals surface area contributed by atoms with E-state index in [1.165, 1.54) is 37.1 Å². The van der Waals surface area contributed by atoms with Gasteiger partial charge in [0.2, 0.25) is 0 Å². The van der Waals surface area contributed by atoms with E-state index in [-0.39, 0.29) is 0 Å². The number of nitrogens with one attached hydrogen (secondary N) is 2. The highest BCUT2D eigenvalue weighted by Crippen LogP contribution is 2.14. The van der Waals surface area contributed by atoms with Crippen LogP contribution in [-0.2, 0) is 13.1 Å². The van der Waals surface area contributed by atoms with E-state index in [4.69, 9.17) is 0 Å². The summed E-state index contributed by atoms with van der Waals surface area (Å²) < 4.78 is 0. The van der Waals surface area contributed by atoms with E-state index in [0.29, 0.717) is 0 Å². The van der Waals surface area contributed by atoms with Crippen molar-refractivity contribution in [1.29, 1.82) is 0 Å². The Morgan fingerprint density at radius 3 is 2.20 bits per heavy atom. The Balaban J connectivity index is 1.51. The monoisotopic (exact) mass is 408 g/mol. The van der Waals surface area contributed by atoms with Gasteiger partial charge in [-0.3, -0.25) is 4.90 Å². The number of benzene rings is 2. The average Bonchev–Trinajstić information content (AvgIpc) is 2.77. The van der Waals surface area contributed by atoms with Crippen LogP contribution in [0.4, 0.5) is 0 Å². The Labute approximate surface area is 183 Å². The van der Waals surface area contributed by atoms with Gasteiger partial charge in [-0.05, 0) is 23.5 Å². The number of rotatable bonds is 9. The van der Waals surface area contributed by atoms with Crippen molar-refractivity contribution in [2.45, 2.75) is 32.9 Å². The first kappa shape index (κ1) is 23.0. The molecule has 4 heteroatoms. The van der Waals surface area contributed by atoms with Crippen LogP contribution in [0.25, 0.3) is 0 Å². The predicted octanol–water partition coefficient (Wildman–Crippen LogP) is 3.60. The lowest BCUT2D eigenvalue weighted by Gasteiger charge is -2.33. The van der Waals surface area contributed by atoms with Crippen molar-refractivity contribution < 1.29 is 0 Å². The second kappa shape index (κ2) is 13.6. The lowest BCUT2D eigenvalue weighted by atomic mass is 10.0. The fraction of sp³-hybridized carbons (Fsp3) is 0.538. The third-order valence-electron chi connectivity index (χ3n) is 5.97. The topological polar surface area (TPSA) is 30.5 Å². The summed E-state index contributed by atoms with van der Waals surface area (Å²) in [6.45, 7) is 13.3. The van der Waals surface area contributed by atoms with E-state index in [1.54, 1.807) is 0 Å². The van der Waals surface area contributed by atoms with Gasteiger partial charge >= 0.3 is 0 Å². The minimum absolute atomic E-state index is 0.742. The molecule has 0 spiro atoms. The Kier molecular flexibility index (Phi) is 10.4.